The fourth-order valence-corrected chi connectivity index (χ4v) is 2.99. The van der Waals surface area contributed by atoms with Crippen molar-refractivity contribution in [1.82, 2.24) is 9.97 Å². The zero-order valence-electron chi connectivity index (χ0n) is 13.2. The van der Waals surface area contributed by atoms with E-state index in [1.165, 1.54) is 5.56 Å². The summed E-state index contributed by atoms with van der Waals surface area (Å²) in [6.45, 7) is 5.33. The molecule has 1 fully saturated rings. The molecule has 1 aliphatic rings. The number of hydrogen-bond donors (Lipinski definition) is 0. The van der Waals surface area contributed by atoms with E-state index in [1.807, 2.05) is 12.1 Å². The molecule has 4 rings (SSSR count). The van der Waals surface area contributed by atoms with Crippen molar-refractivity contribution in [3.63, 3.8) is 0 Å². The fraction of sp³-hybridized carbons (Fsp3) is 0.263. The molecular formula is C19H19N3O. The minimum Gasteiger partial charge on any atom is -0.378 e. The lowest BCUT2D eigenvalue weighted by Gasteiger charge is -2.29. The van der Waals surface area contributed by atoms with Crippen molar-refractivity contribution in [2.75, 3.05) is 31.2 Å². The van der Waals surface area contributed by atoms with Crippen LogP contribution in [0.4, 0.5) is 5.82 Å². The normalized spacial score (nSPS) is 15.1. The van der Waals surface area contributed by atoms with Crippen LogP contribution in [0.15, 0.2) is 48.5 Å². The molecule has 1 saturated heterocycles. The van der Waals surface area contributed by atoms with Crippen LogP contribution in [0.5, 0.6) is 0 Å². The molecule has 23 heavy (non-hydrogen) atoms. The number of rotatable bonds is 2. The quantitative estimate of drug-likeness (QED) is 0.727. The second-order valence-corrected chi connectivity index (χ2v) is 5.86. The third-order valence-corrected chi connectivity index (χ3v) is 4.17. The molecule has 1 aliphatic heterocycles. The van der Waals surface area contributed by atoms with Crippen LogP contribution >= 0.6 is 0 Å². The van der Waals surface area contributed by atoms with E-state index < -0.39 is 0 Å². The second-order valence-electron chi connectivity index (χ2n) is 5.86. The maximum absolute atomic E-state index is 5.48. The largest absolute Gasteiger partial charge is 0.378 e. The third-order valence-electron chi connectivity index (χ3n) is 4.17. The van der Waals surface area contributed by atoms with Crippen molar-refractivity contribution >= 4 is 16.7 Å². The predicted molar refractivity (Wildman–Crippen MR) is 92.7 cm³/mol. The van der Waals surface area contributed by atoms with Crippen LogP contribution in [-0.2, 0) is 4.74 Å². The van der Waals surface area contributed by atoms with Crippen molar-refractivity contribution < 1.29 is 4.74 Å². The first-order valence-corrected chi connectivity index (χ1v) is 7.98. The van der Waals surface area contributed by atoms with Gasteiger partial charge in [-0.15, -0.1) is 0 Å². The first kappa shape index (κ1) is 14.2. The standard InChI is InChI=1S/C19H19N3O/c1-14-5-4-6-15(13-14)18-20-17-8-3-2-7-16(17)19(21-18)22-9-11-23-12-10-22/h2-8,13H,9-12H2,1H3. The van der Waals surface area contributed by atoms with Crippen molar-refractivity contribution in [3.8, 4) is 11.4 Å². The van der Waals surface area contributed by atoms with Crippen LogP contribution in [0.2, 0.25) is 0 Å². The molecule has 116 valence electrons. The lowest BCUT2D eigenvalue weighted by molar-refractivity contribution is 0.122. The van der Waals surface area contributed by atoms with E-state index in [0.29, 0.717) is 0 Å². The number of para-hydroxylation sites is 1. The zero-order chi connectivity index (χ0) is 15.6. The Labute approximate surface area is 135 Å². The molecule has 2 aromatic carbocycles. The van der Waals surface area contributed by atoms with Gasteiger partial charge in [-0.2, -0.15) is 0 Å². The number of benzene rings is 2. The highest BCUT2D eigenvalue weighted by molar-refractivity contribution is 5.91. The maximum atomic E-state index is 5.48. The molecule has 0 amide bonds. The maximum Gasteiger partial charge on any atom is 0.162 e. The first-order chi connectivity index (χ1) is 11.3. The number of hydrogen-bond acceptors (Lipinski definition) is 4. The molecule has 4 nitrogen and oxygen atoms in total. The lowest BCUT2D eigenvalue weighted by atomic mass is 10.1. The molecule has 4 heteroatoms. The van der Waals surface area contributed by atoms with E-state index in [4.69, 9.17) is 14.7 Å². The molecule has 0 unspecified atom stereocenters. The highest BCUT2D eigenvalue weighted by atomic mass is 16.5. The number of nitrogens with zero attached hydrogens (tertiary/aromatic N) is 3. The average Bonchev–Trinajstić information content (AvgIpc) is 2.61. The first-order valence-electron chi connectivity index (χ1n) is 7.98. The van der Waals surface area contributed by atoms with E-state index in [2.05, 4.69) is 48.2 Å². The average molecular weight is 305 g/mol. The van der Waals surface area contributed by atoms with Crippen LogP contribution in [0.25, 0.3) is 22.3 Å². The summed E-state index contributed by atoms with van der Waals surface area (Å²) in [5, 5.41) is 1.10. The number of ether oxygens (including phenoxy) is 1. The Kier molecular flexibility index (Phi) is 3.67. The number of aryl methyl sites for hydroxylation is 1. The number of aromatic nitrogens is 2. The van der Waals surface area contributed by atoms with Gasteiger partial charge >= 0.3 is 0 Å². The minimum absolute atomic E-state index is 0.748. The summed E-state index contributed by atoms with van der Waals surface area (Å²) in [5.41, 5.74) is 3.26. The van der Waals surface area contributed by atoms with Gasteiger partial charge in [0, 0.05) is 24.0 Å². The Morgan fingerprint density at radius 2 is 1.78 bits per heavy atom. The molecular weight excluding hydrogens is 286 g/mol. The summed E-state index contributed by atoms with van der Waals surface area (Å²) in [7, 11) is 0. The van der Waals surface area contributed by atoms with Gasteiger partial charge < -0.3 is 9.64 Å². The Morgan fingerprint density at radius 3 is 2.61 bits per heavy atom. The molecule has 0 spiro atoms. The van der Waals surface area contributed by atoms with Gasteiger partial charge in [-0.1, -0.05) is 35.9 Å². The fourth-order valence-electron chi connectivity index (χ4n) is 2.99. The highest BCUT2D eigenvalue weighted by Gasteiger charge is 2.17. The molecule has 0 saturated carbocycles. The summed E-state index contributed by atoms with van der Waals surface area (Å²) in [4.78, 5) is 12.0. The molecule has 1 aromatic heterocycles. The summed E-state index contributed by atoms with van der Waals surface area (Å²) in [6, 6.07) is 16.6. The van der Waals surface area contributed by atoms with E-state index in [-0.39, 0.29) is 0 Å². The Hall–Kier alpha value is -2.46. The van der Waals surface area contributed by atoms with Gasteiger partial charge in [-0.25, -0.2) is 9.97 Å². The van der Waals surface area contributed by atoms with E-state index in [0.717, 1.165) is 54.4 Å². The van der Waals surface area contributed by atoms with Crippen LogP contribution in [0.3, 0.4) is 0 Å². The molecule has 2 heterocycles. The second kappa shape index (κ2) is 5.97. The van der Waals surface area contributed by atoms with Crippen LogP contribution in [0, 0.1) is 6.92 Å². The van der Waals surface area contributed by atoms with Crippen molar-refractivity contribution in [1.29, 1.82) is 0 Å². The van der Waals surface area contributed by atoms with E-state index in [9.17, 15) is 0 Å². The van der Waals surface area contributed by atoms with Gasteiger partial charge in [0.15, 0.2) is 5.82 Å². The predicted octanol–water partition coefficient (Wildman–Crippen LogP) is 3.44. The van der Waals surface area contributed by atoms with Crippen molar-refractivity contribution in [2.45, 2.75) is 6.92 Å². The summed E-state index contributed by atoms with van der Waals surface area (Å²) in [6.07, 6.45) is 0. The molecule has 0 aliphatic carbocycles. The minimum atomic E-state index is 0.748. The smallest absolute Gasteiger partial charge is 0.162 e. The van der Waals surface area contributed by atoms with E-state index >= 15 is 0 Å². The summed E-state index contributed by atoms with van der Waals surface area (Å²) in [5.74, 6) is 1.80. The van der Waals surface area contributed by atoms with Gasteiger partial charge in [0.05, 0.1) is 18.7 Å². The Bertz CT molecular complexity index is 841. The van der Waals surface area contributed by atoms with Crippen molar-refractivity contribution in [3.05, 3.63) is 54.1 Å². The Balaban J connectivity index is 1.89. The van der Waals surface area contributed by atoms with Crippen LogP contribution in [0.1, 0.15) is 5.56 Å². The SMILES string of the molecule is Cc1cccc(-c2nc(N3CCOCC3)c3ccccc3n2)c1. The highest BCUT2D eigenvalue weighted by Crippen LogP contribution is 2.28. The topological polar surface area (TPSA) is 38.2 Å². The van der Waals surface area contributed by atoms with Crippen LogP contribution < -0.4 is 4.90 Å². The van der Waals surface area contributed by atoms with Crippen LogP contribution in [-0.4, -0.2) is 36.3 Å². The molecule has 0 atom stereocenters. The third kappa shape index (κ3) is 2.78. The molecule has 0 radical (unpaired) electrons. The lowest BCUT2D eigenvalue weighted by Crippen LogP contribution is -2.37. The van der Waals surface area contributed by atoms with E-state index in [1.54, 1.807) is 0 Å². The van der Waals surface area contributed by atoms with Gasteiger partial charge in [0.2, 0.25) is 0 Å². The monoisotopic (exact) mass is 305 g/mol. The number of fused-ring (bicyclic) bond motifs is 1. The van der Waals surface area contributed by atoms with Gasteiger partial charge in [0.1, 0.15) is 5.82 Å². The summed E-state index contributed by atoms with van der Waals surface area (Å²) < 4.78 is 5.48. The number of morpholine rings is 1. The molecule has 0 bridgehead atoms. The van der Waals surface area contributed by atoms with Gasteiger partial charge in [-0.3, -0.25) is 0 Å². The molecule has 3 aromatic rings. The van der Waals surface area contributed by atoms with Crippen molar-refractivity contribution in [2.24, 2.45) is 0 Å². The Morgan fingerprint density at radius 1 is 0.957 bits per heavy atom. The van der Waals surface area contributed by atoms with Gasteiger partial charge in [0.25, 0.3) is 0 Å². The number of anilines is 1. The zero-order valence-corrected chi connectivity index (χ0v) is 13.2. The molecule has 0 N–H and O–H groups in total. The summed E-state index contributed by atoms with van der Waals surface area (Å²) >= 11 is 0. The van der Waals surface area contributed by atoms with Gasteiger partial charge in [-0.05, 0) is 25.1 Å².